The molecule has 0 unspecified atom stereocenters. The Labute approximate surface area is 57.3 Å². The van der Waals surface area contributed by atoms with E-state index in [1.165, 1.54) is 5.69 Å². The van der Waals surface area contributed by atoms with Crippen LogP contribution < -0.4 is 0 Å². The monoisotopic (exact) mass is 124 g/mol. The first kappa shape index (κ1) is 8.27. The summed E-state index contributed by atoms with van der Waals surface area (Å²) in [6, 6.07) is 0. The van der Waals surface area contributed by atoms with Gasteiger partial charge in [0.1, 0.15) is 5.82 Å². The Balaban J connectivity index is 0.000000640. The predicted molar refractivity (Wildman–Crippen MR) is 42.7 cm³/mol. The van der Waals surface area contributed by atoms with Gasteiger partial charge in [0.25, 0.3) is 0 Å². The highest BCUT2D eigenvalue weighted by Crippen LogP contribution is 1.99. The number of hydrogen-bond acceptors (Lipinski definition) is 1. The van der Waals surface area contributed by atoms with Gasteiger partial charge in [0.15, 0.2) is 0 Å². The largest absolute Gasteiger partial charge is 0.346 e. The summed E-state index contributed by atoms with van der Waals surface area (Å²) < 4.78 is 0. The molecule has 0 aliphatic carbocycles. The summed E-state index contributed by atoms with van der Waals surface area (Å²) in [7, 11) is 0. The first-order valence-electron chi connectivity index (χ1n) is 2.70. The van der Waals surface area contributed by atoms with Gasteiger partial charge < -0.3 is 4.98 Å². The number of hydrogen-bond donors (Lipinski definition) is 1. The molecule has 0 saturated heterocycles. The number of rotatable bonds is 0. The van der Waals surface area contributed by atoms with Crippen molar-refractivity contribution >= 4 is 8.41 Å². The summed E-state index contributed by atoms with van der Waals surface area (Å²) in [6.07, 6.45) is 0. The van der Waals surface area contributed by atoms with Crippen LogP contribution in [0.3, 0.4) is 0 Å². The minimum atomic E-state index is 0. The fourth-order valence-corrected chi connectivity index (χ4v) is 0.725. The Hall–Kier alpha value is -0.725. The molecular weight excluding hydrogens is 111 g/mol. The first-order valence-corrected chi connectivity index (χ1v) is 2.70. The van der Waals surface area contributed by atoms with Crippen LogP contribution in [0.2, 0.25) is 0 Å². The third-order valence-electron chi connectivity index (χ3n) is 1.25. The third kappa shape index (κ3) is 1.59. The molecule has 1 N–H and O–H groups in total. The number of H-pyrrole nitrogens is 1. The van der Waals surface area contributed by atoms with Crippen LogP contribution in [0.4, 0.5) is 0 Å². The summed E-state index contributed by atoms with van der Waals surface area (Å²) >= 11 is 0. The highest BCUT2D eigenvalue weighted by atomic mass is 14.9. The number of aromatic nitrogens is 2. The molecule has 3 heteroatoms. The van der Waals surface area contributed by atoms with Gasteiger partial charge >= 0.3 is 0 Å². The first-order chi connectivity index (χ1) is 3.70. The van der Waals surface area contributed by atoms with Crippen molar-refractivity contribution in [2.75, 3.05) is 0 Å². The van der Waals surface area contributed by atoms with Crippen LogP contribution >= 0.6 is 0 Å². The number of aromatic amines is 1. The van der Waals surface area contributed by atoms with Crippen LogP contribution in [-0.2, 0) is 0 Å². The number of aryl methyl sites for hydroxylation is 3. The van der Waals surface area contributed by atoms with Crippen LogP contribution in [0.5, 0.6) is 0 Å². The summed E-state index contributed by atoms with van der Waals surface area (Å²) in [5.41, 5.74) is 2.27. The van der Waals surface area contributed by atoms with E-state index in [0.29, 0.717) is 0 Å². The number of nitrogens with one attached hydrogen (secondary N) is 1. The second kappa shape index (κ2) is 2.71. The Kier molecular flexibility index (Phi) is 2.49. The standard InChI is InChI=1S/C6H10N2.BH3/c1-4-5(2)8-6(3)7-4;/h1-3H3,(H,7,8);1H3. The quantitative estimate of drug-likeness (QED) is 0.490. The molecule has 0 radical (unpaired) electrons. The molecule has 0 spiro atoms. The van der Waals surface area contributed by atoms with Crippen molar-refractivity contribution < 1.29 is 0 Å². The second-order valence-corrected chi connectivity index (χ2v) is 2.03. The van der Waals surface area contributed by atoms with Gasteiger partial charge in [-0.1, -0.05) is 0 Å². The summed E-state index contributed by atoms with van der Waals surface area (Å²) in [5.74, 6) is 1.00. The van der Waals surface area contributed by atoms with E-state index in [4.69, 9.17) is 0 Å². The van der Waals surface area contributed by atoms with Gasteiger partial charge in [0, 0.05) is 5.69 Å². The zero-order chi connectivity index (χ0) is 6.15. The van der Waals surface area contributed by atoms with E-state index >= 15 is 0 Å². The van der Waals surface area contributed by atoms with Gasteiger partial charge in [-0.3, -0.25) is 0 Å². The van der Waals surface area contributed by atoms with Crippen LogP contribution in [0.1, 0.15) is 17.2 Å². The zero-order valence-electron chi connectivity index (χ0n) is 5.45. The smallest absolute Gasteiger partial charge is 0.103 e. The summed E-state index contributed by atoms with van der Waals surface area (Å²) in [5, 5.41) is 0. The SMILES string of the molecule is B.Cc1nc(C)c(C)[nH]1. The van der Waals surface area contributed by atoms with E-state index in [9.17, 15) is 0 Å². The molecule has 0 aromatic carbocycles. The van der Waals surface area contributed by atoms with E-state index < -0.39 is 0 Å². The van der Waals surface area contributed by atoms with Gasteiger partial charge in [-0.25, -0.2) is 4.98 Å². The second-order valence-electron chi connectivity index (χ2n) is 2.03. The topological polar surface area (TPSA) is 28.7 Å². The molecule has 0 amide bonds. The highest BCUT2D eigenvalue weighted by molar-refractivity contribution is 5.75. The maximum absolute atomic E-state index is 4.16. The van der Waals surface area contributed by atoms with Crippen molar-refractivity contribution in [3.8, 4) is 0 Å². The van der Waals surface area contributed by atoms with Gasteiger partial charge in [-0.2, -0.15) is 0 Å². The molecule has 2 nitrogen and oxygen atoms in total. The minimum Gasteiger partial charge on any atom is -0.346 e. The lowest BCUT2D eigenvalue weighted by molar-refractivity contribution is 1.12. The van der Waals surface area contributed by atoms with E-state index in [2.05, 4.69) is 9.97 Å². The lowest BCUT2D eigenvalue weighted by atomic mass is 10.4. The molecule has 0 aliphatic heterocycles. The molecule has 1 aromatic rings. The van der Waals surface area contributed by atoms with E-state index in [0.717, 1.165) is 11.5 Å². The van der Waals surface area contributed by atoms with E-state index in [1.807, 2.05) is 20.8 Å². The van der Waals surface area contributed by atoms with Crippen molar-refractivity contribution in [1.82, 2.24) is 9.97 Å². The highest BCUT2D eigenvalue weighted by Gasteiger charge is 1.93. The van der Waals surface area contributed by atoms with Gasteiger partial charge in [0.05, 0.1) is 14.1 Å². The maximum Gasteiger partial charge on any atom is 0.103 e. The Bertz CT molecular complexity index is 173. The molecule has 1 heterocycles. The fraction of sp³-hybridized carbons (Fsp3) is 0.500. The average molecular weight is 124 g/mol. The molecule has 1 aromatic heterocycles. The van der Waals surface area contributed by atoms with Crippen molar-refractivity contribution in [2.45, 2.75) is 20.8 Å². The molecule has 0 atom stereocenters. The van der Waals surface area contributed by atoms with Gasteiger partial charge in [-0.05, 0) is 20.8 Å². The van der Waals surface area contributed by atoms with Gasteiger partial charge in [-0.15, -0.1) is 0 Å². The average Bonchev–Trinajstić information content (AvgIpc) is 1.85. The molecule has 0 fully saturated rings. The van der Waals surface area contributed by atoms with E-state index in [1.54, 1.807) is 0 Å². The van der Waals surface area contributed by atoms with Crippen molar-refractivity contribution in [2.24, 2.45) is 0 Å². The van der Waals surface area contributed by atoms with Crippen LogP contribution in [0, 0.1) is 20.8 Å². The molecule has 0 bridgehead atoms. The van der Waals surface area contributed by atoms with Crippen LogP contribution in [0.25, 0.3) is 0 Å². The predicted octanol–water partition coefficient (Wildman–Crippen LogP) is 0.151. The number of nitrogens with zero attached hydrogens (tertiary/aromatic N) is 1. The molecule has 0 saturated carbocycles. The minimum absolute atomic E-state index is 0. The van der Waals surface area contributed by atoms with Crippen LogP contribution in [-0.4, -0.2) is 18.4 Å². The molecule has 50 valence electrons. The summed E-state index contributed by atoms with van der Waals surface area (Å²) in [6.45, 7) is 5.98. The Morgan fingerprint density at radius 3 is 1.89 bits per heavy atom. The Morgan fingerprint density at radius 2 is 1.78 bits per heavy atom. The molecule has 1 rings (SSSR count). The lowest BCUT2D eigenvalue weighted by Crippen LogP contribution is -1.71. The Morgan fingerprint density at radius 1 is 1.22 bits per heavy atom. The van der Waals surface area contributed by atoms with Gasteiger partial charge in [0.2, 0.25) is 0 Å². The van der Waals surface area contributed by atoms with Crippen molar-refractivity contribution in [3.63, 3.8) is 0 Å². The zero-order valence-corrected chi connectivity index (χ0v) is 5.45. The third-order valence-corrected chi connectivity index (χ3v) is 1.25. The van der Waals surface area contributed by atoms with Crippen molar-refractivity contribution in [1.29, 1.82) is 0 Å². The van der Waals surface area contributed by atoms with Crippen molar-refractivity contribution in [3.05, 3.63) is 17.2 Å². The molecular formula is C6H13BN2. The molecule has 9 heavy (non-hydrogen) atoms. The van der Waals surface area contributed by atoms with Crippen LogP contribution in [0.15, 0.2) is 0 Å². The molecule has 0 aliphatic rings. The lowest BCUT2D eigenvalue weighted by Gasteiger charge is -1.79. The fourth-order valence-electron chi connectivity index (χ4n) is 0.725. The maximum atomic E-state index is 4.16. The normalized spacial score (nSPS) is 8.78. The summed E-state index contributed by atoms with van der Waals surface area (Å²) in [4.78, 5) is 7.25. The number of imidazole rings is 1. The van der Waals surface area contributed by atoms with E-state index in [-0.39, 0.29) is 8.41 Å².